The minimum Gasteiger partial charge on any atom is -0.437 e. The van der Waals surface area contributed by atoms with E-state index in [9.17, 15) is 13.7 Å². The highest BCUT2D eigenvalue weighted by Gasteiger charge is 2.42. The second-order valence-corrected chi connectivity index (χ2v) is 11.7. The van der Waals surface area contributed by atoms with E-state index in [-0.39, 0.29) is 17.7 Å². The summed E-state index contributed by atoms with van der Waals surface area (Å²) in [7, 11) is -3.39. The molecule has 2 aliphatic rings. The van der Waals surface area contributed by atoms with E-state index in [4.69, 9.17) is 10.5 Å². The smallest absolute Gasteiger partial charge is 0.242 e. The van der Waals surface area contributed by atoms with Crippen LogP contribution < -0.4 is 20.1 Å². The van der Waals surface area contributed by atoms with Gasteiger partial charge in [0.15, 0.2) is 0 Å². The molecule has 1 aliphatic heterocycles. The Balaban J connectivity index is 1.50. The SMILES string of the molecule is CCCS(=O)(=O)Nc1ccc(C2C(C#N)c3ccc(Oc4ncccc4N)cc3N2CC2CC2)c(C)c1. The third-order valence-corrected chi connectivity index (χ3v) is 8.43. The van der Waals surface area contributed by atoms with Gasteiger partial charge in [-0.2, -0.15) is 5.26 Å². The van der Waals surface area contributed by atoms with Gasteiger partial charge in [-0.25, -0.2) is 13.4 Å². The number of nitrogens with two attached hydrogens (primary N) is 1. The van der Waals surface area contributed by atoms with Gasteiger partial charge in [0.05, 0.1) is 29.5 Å². The Labute approximate surface area is 218 Å². The van der Waals surface area contributed by atoms with Gasteiger partial charge < -0.3 is 15.4 Å². The van der Waals surface area contributed by atoms with Crippen LogP contribution in [0.2, 0.25) is 0 Å². The van der Waals surface area contributed by atoms with E-state index in [1.165, 1.54) is 12.8 Å². The van der Waals surface area contributed by atoms with Gasteiger partial charge >= 0.3 is 0 Å². The topological polar surface area (TPSA) is 121 Å². The number of ether oxygens (including phenoxy) is 1. The number of fused-ring (bicyclic) bond motifs is 1. The van der Waals surface area contributed by atoms with Gasteiger partial charge in [-0.05, 0) is 79.1 Å². The number of sulfonamides is 1. The number of aryl methyl sites for hydroxylation is 1. The number of aromatic nitrogens is 1. The molecule has 0 radical (unpaired) electrons. The van der Waals surface area contributed by atoms with Crippen molar-refractivity contribution < 1.29 is 13.2 Å². The minimum absolute atomic E-state index is 0.0754. The highest BCUT2D eigenvalue weighted by atomic mass is 32.2. The first-order valence-corrected chi connectivity index (χ1v) is 14.2. The molecule has 192 valence electrons. The third-order valence-electron chi connectivity index (χ3n) is 6.94. The van der Waals surface area contributed by atoms with E-state index in [2.05, 4.69) is 20.7 Å². The molecule has 3 aromatic rings. The molecule has 8 nitrogen and oxygen atoms in total. The highest BCUT2D eigenvalue weighted by Crippen LogP contribution is 2.52. The number of nitrogens with one attached hydrogen (secondary N) is 1. The molecule has 0 amide bonds. The number of nitrogens with zero attached hydrogens (tertiary/aromatic N) is 3. The second-order valence-electron chi connectivity index (χ2n) is 9.86. The summed E-state index contributed by atoms with van der Waals surface area (Å²) in [6.07, 6.45) is 4.53. The Morgan fingerprint density at radius 3 is 2.65 bits per heavy atom. The molecule has 1 aromatic heterocycles. The zero-order valence-corrected chi connectivity index (χ0v) is 21.8. The third kappa shape index (κ3) is 5.20. The Hall–Kier alpha value is -3.77. The van der Waals surface area contributed by atoms with Crippen LogP contribution in [0.5, 0.6) is 11.6 Å². The standard InChI is InChI=1S/C28H31N5O3S/c1-3-13-37(34,35)32-20-8-10-22(18(2)14-20)27-24(16-29)23-11-9-21(36-28-25(30)5-4-12-31-28)15-26(23)33(27)17-19-6-7-19/h4-5,8-12,14-15,19,24,27,32H,3,6-7,13,17,30H2,1-2H3. The second kappa shape index (κ2) is 9.94. The maximum Gasteiger partial charge on any atom is 0.242 e. The first-order chi connectivity index (χ1) is 17.8. The Morgan fingerprint density at radius 2 is 1.97 bits per heavy atom. The fraction of sp³-hybridized carbons (Fsp3) is 0.357. The van der Waals surface area contributed by atoms with Gasteiger partial charge in [0.2, 0.25) is 15.9 Å². The van der Waals surface area contributed by atoms with Crippen LogP contribution in [0.15, 0.2) is 54.7 Å². The van der Waals surface area contributed by atoms with E-state index in [1.54, 1.807) is 24.4 Å². The number of pyridine rings is 1. The summed E-state index contributed by atoms with van der Waals surface area (Å²) in [6, 6.07) is 17.2. The summed E-state index contributed by atoms with van der Waals surface area (Å²) in [5, 5.41) is 10.3. The summed E-state index contributed by atoms with van der Waals surface area (Å²) in [6.45, 7) is 4.65. The molecule has 2 aromatic carbocycles. The number of nitrogen functional groups attached to an aromatic ring is 1. The van der Waals surface area contributed by atoms with Crippen LogP contribution in [0, 0.1) is 24.2 Å². The van der Waals surface area contributed by atoms with Gasteiger partial charge in [-0.3, -0.25) is 4.72 Å². The van der Waals surface area contributed by atoms with Crippen LogP contribution in [0.3, 0.4) is 0 Å². The molecule has 1 fully saturated rings. The van der Waals surface area contributed by atoms with Gasteiger partial charge in [-0.1, -0.05) is 19.1 Å². The van der Waals surface area contributed by atoms with Crippen molar-refractivity contribution in [3.05, 3.63) is 71.4 Å². The number of hydrogen-bond donors (Lipinski definition) is 2. The number of rotatable bonds is 9. The zero-order chi connectivity index (χ0) is 26.2. The molecule has 2 unspecified atom stereocenters. The van der Waals surface area contributed by atoms with E-state index in [0.29, 0.717) is 35.3 Å². The molecule has 2 heterocycles. The van der Waals surface area contributed by atoms with Crippen LogP contribution in [-0.2, 0) is 10.0 Å². The number of anilines is 3. The molecule has 3 N–H and O–H groups in total. The molecule has 2 atom stereocenters. The van der Waals surface area contributed by atoms with Gasteiger partial charge in [0, 0.05) is 30.2 Å². The fourth-order valence-corrected chi connectivity index (χ4v) is 6.17. The first kappa shape index (κ1) is 24.9. The number of nitriles is 1. The molecule has 1 aliphatic carbocycles. The van der Waals surface area contributed by atoms with E-state index < -0.39 is 10.0 Å². The summed E-state index contributed by atoms with van der Waals surface area (Å²) in [5.41, 5.74) is 10.9. The zero-order valence-electron chi connectivity index (χ0n) is 21.0. The average Bonchev–Trinajstić information content (AvgIpc) is 3.62. The van der Waals surface area contributed by atoms with Crippen molar-refractivity contribution in [1.29, 1.82) is 5.26 Å². The Bertz CT molecular complexity index is 1460. The fourth-order valence-electron chi connectivity index (χ4n) is 5.05. The Morgan fingerprint density at radius 1 is 1.19 bits per heavy atom. The predicted molar refractivity (Wildman–Crippen MR) is 145 cm³/mol. The summed E-state index contributed by atoms with van der Waals surface area (Å²) < 4.78 is 33.2. The van der Waals surface area contributed by atoms with Crippen molar-refractivity contribution in [2.75, 3.05) is 27.7 Å². The van der Waals surface area contributed by atoms with Crippen molar-refractivity contribution in [3.8, 4) is 17.7 Å². The van der Waals surface area contributed by atoms with E-state index in [1.807, 2.05) is 44.2 Å². The van der Waals surface area contributed by atoms with Crippen LogP contribution in [-0.4, -0.2) is 25.7 Å². The van der Waals surface area contributed by atoms with Crippen LogP contribution in [0.1, 0.15) is 54.8 Å². The molecule has 9 heteroatoms. The van der Waals surface area contributed by atoms with Gasteiger partial charge in [0.1, 0.15) is 5.75 Å². The predicted octanol–water partition coefficient (Wildman–Crippen LogP) is 5.49. The van der Waals surface area contributed by atoms with Crippen LogP contribution in [0.4, 0.5) is 17.1 Å². The minimum atomic E-state index is -3.39. The molecule has 37 heavy (non-hydrogen) atoms. The van der Waals surface area contributed by atoms with E-state index >= 15 is 0 Å². The molecular weight excluding hydrogens is 486 g/mol. The van der Waals surface area contributed by atoms with Crippen LogP contribution in [0.25, 0.3) is 0 Å². The van der Waals surface area contributed by atoms with Crippen molar-refractivity contribution >= 4 is 27.1 Å². The molecule has 0 saturated heterocycles. The maximum atomic E-state index is 12.3. The lowest BCUT2D eigenvalue weighted by Crippen LogP contribution is -2.29. The summed E-state index contributed by atoms with van der Waals surface area (Å²) in [4.78, 5) is 6.55. The van der Waals surface area contributed by atoms with E-state index in [0.717, 1.165) is 28.9 Å². The van der Waals surface area contributed by atoms with Crippen molar-refractivity contribution in [2.24, 2.45) is 5.92 Å². The molecule has 1 saturated carbocycles. The number of benzene rings is 2. The molecule has 0 bridgehead atoms. The first-order valence-electron chi connectivity index (χ1n) is 12.6. The monoisotopic (exact) mass is 517 g/mol. The lowest BCUT2D eigenvalue weighted by atomic mass is 9.89. The highest BCUT2D eigenvalue weighted by molar-refractivity contribution is 7.92. The summed E-state index contributed by atoms with van der Waals surface area (Å²) in [5.74, 6) is 1.25. The Kier molecular flexibility index (Phi) is 6.69. The van der Waals surface area contributed by atoms with Crippen LogP contribution >= 0.6 is 0 Å². The average molecular weight is 518 g/mol. The molecular formula is C28H31N5O3S. The maximum absolute atomic E-state index is 12.3. The van der Waals surface area contributed by atoms with Crippen molar-refractivity contribution in [1.82, 2.24) is 4.98 Å². The normalized spacial score (nSPS) is 18.8. The molecule has 5 rings (SSSR count). The van der Waals surface area contributed by atoms with Crippen molar-refractivity contribution in [2.45, 2.75) is 45.1 Å². The van der Waals surface area contributed by atoms with Gasteiger partial charge in [-0.15, -0.1) is 0 Å². The lowest BCUT2D eigenvalue weighted by molar-refractivity contribution is 0.465. The molecule has 0 spiro atoms. The van der Waals surface area contributed by atoms with Gasteiger partial charge in [0.25, 0.3) is 0 Å². The number of hydrogen-bond acceptors (Lipinski definition) is 7. The summed E-state index contributed by atoms with van der Waals surface area (Å²) >= 11 is 0. The lowest BCUT2D eigenvalue weighted by Gasteiger charge is -2.30. The largest absolute Gasteiger partial charge is 0.437 e. The quantitative estimate of drug-likeness (QED) is 0.385. The van der Waals surface area contributed by atoms with Crippen molar-refractivity contribution in [3.63, 3.8) is 0 Å².